The predicted molar refractivity (Wildman–Crippen MR) is 257 cm³/mol. The smallest absolute Gasteiger partial charge is 0.330 e. The fourth-order valence-electron chi connectivity index (χ4n) is 9.15. The molecule has 4 amide bonds. The SMILES string of the molecule is COc1ccc2c(O[C@@H]3C[C@H]4C(=O)N[C@]5(C(=O)O)CC5C=CCCCCC[C@H](NC(=O)NC(CN5CCCN(C(C)C)S5(=O)=O)C(C)(C)C)C(=O)N4C3)cc(-c3csc(NC(C)C)n3)nc2c1. The number of hydrogen-bond donors (Lipinski definition) is 5. The molecule has 67 heavy (non-hydrogen) atoms. The first-order chi connectivity index (χ1) is 31.7. The molecule has 6 atom stereocenters. The zero-order chi connectivity index (χ0) is 48.4. The number of aliphatic carboxylic acids is 1. The maximum Gasteiger partial charge on any atom is 0.330 e. The molecule has 1 saturated carbocycles. The predicted octanol–water partition coefficient (Wildman–Crippen LogP) is 5.76. The van der Waals surface area contributed by atoms with Gasteiger partial charge >= 0.3 is 12.0 Å². The van der Waals surface area contributed by atoms with Crippen molar-refractivity contribution in [2.45, 2.75) is 142 Å². The maximum atomic E-state index is 15.0. The molecular weight excluding hydrogens is 899 g/mol. The lowest BCUT2D eigenvalue weighted by molar-refractivity contribution is -0.145. The van der Waals surface area contributed by atoms with Crippen molar-refractivity contribution in [3.05, 3.63) is 41.8 Å². The summed E-state index contributed by atoms with van der Waals surface area (Å²) < 4.78 is 42.5. The lowest BCUT2D eigenvalue weighted by atomic mass is 9.86. The number of nitrogens with zero attached hydrogens (tertiary/aromatic N) is 5. The summed E-state index contributed by atoms with van der Waals surface area (Å²) in [5.41, 5.74) is -0.346. The van der Waals surface area contributed by atoms with Gasteiger partial charge in [0.25, 0.3) is 10.2 Å². The molecule has 366 valence electrons. The number of carbonyl (C=O) groups is 4. The van der Waals surface area contributed by atoms with Crippen molar-refractivity contribution < 1.29 is 42.2 Å². The molecule has 2 aromatic heterocycles. The van der Waals surface area contributed by atoms with Crippen LogP contribution >= 0.6 is 11.3 Å². The van der Waals surface area contributed by atoms with Gasteiger partial charge in [-0.3, -0.25) is 9.59 Å². The number of nitrogens with one attached hydrogen (secondary N) is 4. The molecular formula is C47H67N9O9S2. The van der Waals surface area contributed by atoms with Crippen LogP contribution in [-0.2, 0) is 24.6 Å². The summed E-state index contributed by atoms with van der Waals surface area (Å²) in [6.07, 6.45) is 7.02. The molecule has 0 radical (unpaired) electrons. The number of methoxy groups -OCH3 is 1. The second-order valence-corrected chi connectivity index (χ2v) is 22.6. The molecule has 0 bridgehead atoms. The number of carboxylic acid groups (broad SMARTS) is 1. The van der Waals surface area contributed by atoms with Crippen molar-refractivity contribution in [2.24, 2.45) is 11.3 Å². The fourth-order valence-corrected chi connectivity index (χ4v) is 11.9. The number of allylic oxidation sites excluding steroid dienone is 1. The molecule has 1 aliphatic carbocycles. The van der Waals surface area contributed by atoms with Gasteiger partial charge in [0, 0.05) is 73.0 Å². The van der Waals surface area contributed by atoms with E-state index in [1.807, 2.05) is 72.1 Å². The van der Waals surface area contributed by atoms with Gasteiger partial charge in [-0.2, -0.15) is 17.0 Å². The first kappa shape index (κ1) is 49.8. The van der Waals surface area contributed by atoms with Crippen molar-refractivity contribution in [3.8, 4) is 22.9 Å². The van der Waals surface area contributed by atoms with Crippen LogP contribution in [0, 0.1) is 11.3 Å². The maximum absolute atomic E-state index is 15.0. The number of carboxylic acids is 1. The minimum Gasteiger partial charge on any atom is -0.497 e. The molecule has 3 aromatic rings. The molecule has 5 N–H and O–H groups in total. The Morgan fingerprint density at radius 2 is 1.82 bits per heavy atom. The third-order valence-corrected chi connectivity index (χ3v) is 16.1. The number of pyridine rings is 1. The lowest BCUT2D eigenvalue weighted by Gasteiger charge is -2.41. The minimum absolute atomic E-state index is 0.0327. The molecule has 2 unspecified atom stereocenters. The van der Waals surface area contributed by atoms with Crippen molar-refractivity contribution in [2.75, 3.05) is 38.6 Å². The van der Waals surface area contributed by atoms with Crippen molar-refractivity contribution >= 4 is 61.4 Å². The van der Waals surface area contributed by atoms with Crippen molar-refractivity contribution in [1.82, 2.24) is 39.4 Å². The summed E-state index contributed by atoms with van der Waals surface area (Å²) >= 11 is 1.45. The van der Waals surface area contributed by atoms with E-state index in [9.17, 15) is 27.9 Å². The van der Waals surface area contributed by atoms with Gasteiger partial charge in [0.1, 0.15) is 40.9 Å². The molecule has 0 spiro atoms. The number of hydrogen-bond acceptors (Lipinski definition) is 12. The number of aromatic nitrogens is 2. The molecule has 5 heterocycles. The number of carbonyl (C=O) groups excluding carboxylic acids is 3. The Kier molecular flexibility index (Phi) is 15.1. The van der Waals surface area contributed by atoms with E-state index < -0.39 is 75.1 Å². The van der Waals surface area contributed by atoms with Crippen LogP contribution in [0.2, 0.25) is 0 Å². The van der Waals surface area contributed by atoms with Gasteiger partial charge in [0.05, 0.1) is 24.9 Å². The molecule has 2 saturated heterocycles. The third-order valence-electron chi connectivity index (χ3n) is 13.1. The van der Waals surface area contributed by atoms with Gasteiger partial charge in [-0.1, -0.05) is 45.8 Å². The van der Waals surface area contributed by atoms with Crippen LogP contribution in [0.15, 0.2) is 41.8 Å². The highest BCUT2D eigenvalue weighted by Gasteiger charge is 2.61. The summed E-state index contributed by atoms with van der Waals surface area (Å²) in [6.45, 7) is 14.2. The van der Waals surface area contributed by atoms with E-state index in [2.05, 4.69) is 21.3 Å². The number of ether oxygens (including phenoxy) is 2. The van der Waals surface area contributed by atoms with Crippen LogP contribution < -0.4 is 30.7 Å². The number of fused-ring (bicyclic) bond motifs is 3. The van der Waals surface area contributed by atoms with E-state index in [1.165, 1.54) is 24.8 Å². The quantitative estimate of drug-likeness (QED) is 0.137. The summed E-state index contributed by atoms with van der Waals surface area (Å²) in [7, 11) is -2.21. The highest BCUT2D eigenvalue weighted by atomic mass is 32.2. The Morgan fingerprint density at radius 3 is 2.52 bits per heavy atom. The Hall–Kier alpha value is -5.05. The van der Waals surface area contributed by atoms with E-state index in [4.69, 9.17) is 19.4 Å². The summed E-state index contributed by atoms with van der Waals surface area (Å²) in [5, 5.41) is 25.8. The van der Waals surface area contributed by atoms with Crippen LogP contribution in [0.5, 0.6) is 11.5 Å². The van der Waals surface area contributed by atoms with Gasteiger partial charge in [0.2, 0.25) is 11.8 Å². The summed E-state index contributed by atoms with van der Waals surface area (Å²) in [5.74, 6) is -1.66. The van der Waals surface area contributed by atoms with E-state index in [1.54, 1.807) is 25.3 Å². The van der Waals surface area contributed by atoms with Gasteiger partial charge in [0.15, 0.2) is 5.13 Å². The Balaban J connectivity index is 1.18. The van der Waals surface area contributed by atoms with Crippen molar-refractivity contribution in [3.63, 3.8) is 0 Å². The zero-order valence-corrected chi connectivity index (χ0v) is 41.5. The fraction of sp³-hybridized carbons (Fsp3) is 0.617. The van der Waals surface area contributed by atoms with E-state index in [0.29, 0.717) is 66.1 Å². The first-order valence-electron chi connectivity index (χ1n) is 23.4. The topological polar surface area (TPSA) is 225 Å². The third kappa shape index (κ3) is 11.3. The summed E-state index contributed by atoms with van der Waals surface area (Å²) in [4.78, 5) is 67.5. The van der Waals surface area contributed by atoms with Gasteiger partial charge in [-0.15, -0.1) is 11.3 Å². The van der Waals surface area contributed by atoms with Crippen LogP contribution in [-0.4, -0.2) is 136 Å². The lowest BCUT2D eigenvalue weighted by Crippen LogP contribution is -2.61. The molecule has 3 fully saturated rings. The second-order valence-electron chi connectivity index (χ2n) is 19.9. The van der Waals surface area contributed by atoms with Crippen molar-refractivity contribution in [1.29, 1.82) is 0 Å². The number of thiazole rings is 1. The molecule has 20 heteroatoms. The molecule has 18 nitrogen and oxygen atoms in total. The number of urea groups is 1. The largest absolute Gasteiger partial charge is 0.497 e. The number of anilines is 1. The molecule has 3 aliphatic heterocycles. The van der Waals surface area contributed by atoms with Crippen LogP contribution in [0.25, 0.3) is 22.3 Å². The van der Waals surface area contributed by atoms with E-state index in [-0.39, 0.29) is 44.4 Å². The minimum atomic E-state index is -3.78. The summed E-state index contributed by atoms with van der Waals surface area (Å²) in [6, 6.07) is 3.66. The van der Waals surface area contributed by atoms with Gasteiger partial charge in [-0.05, 0) is 77.3 Å². The highest BCUT2D eigenvalue weighted by Crippen LogP contribution is 2.46. The van der Waals surface area contributed by atoms with Crippen LogP contribution in [0.1, 0.15) is 99.8 Å². The highest BCUT2D eigenvalue weighted by molar-refractivity contribution is 7.86. The average molecular weight is 966 g/mol. The Bertz CT molecular complexity index is 2460. The average Bonchev–Trinajstić information content (AvgIpc) is 3.51. The van der Waals surface area contributed by atoms with Crippen LogP contribution in [0.4, 0.5) is 9.93 Å². The van der Waals surface area contributed by atoms with Gasteiger partial charge < -0.3 is 40.7 Å². The van der Waals surface area contributed by atoms with E-state index in [0.717, 1.165) is 18.0 Å². The molecule has 1 aromatic carbocycles. The molecule has 4 aliphatic rings. The second kappa shape index (κ2) is 20.3. The van der Waals surface area contributed by atoms with Gasteiger partial charge in [-0.25, -0.2) is 19.6 Å². The zero-order valence-electron chi connectivity index (χ0n) is 39.8. The normalized spacial score (nSPS) is 25.7. The Morgan fingerprint density at radius 1 is 1.04 bits per heavy atom. The Labute approximate surface area is 397 Å². The first-order valence-corrected chi connectivity index (χ1v) is 25.7. The molecule has 7 rings (SSSR count). The monoisotopic (exact) mass is 965 g/mol. The standard InChI is InChI=1S/C47H67N9O9S2/c1-28(2)48-45-51-37(27-66-45)36-23-39(33-18-17-31(64-8)21-35(33)49-36)65-32-22-38-41(57)53-47(43(59)60)24-30(47)15-12-10-9-11-13-16-34(42(58)55(38)25-32)50-44(61)52-40(46(5,6)7)26-54-19-14-20-56(29(3)4)67(54,62)63/h12,15,17-18,21,23,27-30,32,34,38,40H,9-11,13-14,16,19-20,22,24-26H2,1-8H3,(H,48,51)(H,53,57)(H,59,60)(H2,50,52,61)/t30?,32-,34+,38+,40?,47-/m1/s1. The van der Waals surface area contributed by atoms with E-state index >= 15 is 4.79 Å². The number of amides is 4. The number of benzene rings is 1. The van der Waals surface area contributed by atoms with Crippen LogP contribution in [0.3, 0.4) is 0 Å². The number of rotatable bonds is 12.